The Hall–Kier alpha value is -2.24. The van der Waals surface area contributed by atoms with Gasteiger partial charge in [-0.05, 0) is 36.8 Å². The number of amides is 1. The second-order valence-corrected chi connectivity index (χ2v) is 6.65. The van der Waals surface area contributed by atoms with E-state index in [4.69, 9.17) is 11.6 Å². The molecule has 0 radical (unpaired) electrons. The van der Waals surface area contributed by atoms with Crippen LogP contribution in [0.5, 0.6) is 0 Å². The predicted octanol–water partition coefficient (Wildman–Crippen LogP) is 4.74. The standard InChI is InChI=1S/C18H16ClN3OS/c1-12-13(19)5-4-7-14(12)21-17(23)8-9-18-22-16(11-24-18)15-6-2-3-10-20-15/h2-7,10-11H,8-9H2,1H3,(H,21,23). The first-order chi connectivity index (χ1) is 11.6. The molecule has 24 heavy (non-hydrogen) atoms. The molecule has 0 atom stereocenters. The molecule has 1 aromatic carbocycles. The first-order valence-corrected chi connectivity index (χ1v) is 8.80. The molecule has 2 aromatic heterocycles. The van der Waals surface area contributed by atoms with Crippen LogP contribution in [0.15, 0.2) is 48.0 Å². The molecule has 4 nitrogen and oxygen atoms in total. The summed E-state index contributed by atoms with van der Waals surface area (Å²) in [5.41, 5.74) is 3.32. The van der Waals surface area contributed by atoms with Gasteiger partial charge in [0.15, 0.2) is 0 Å². The Balaban J connectivity index is 1.59. The summed E-state index contributed by atoms with van der Waals surface area (Å²) in [6.45, 7) is 1.89. The average Bonchev–Trinajstić information content (AvgIpc) is 3.07. The van der Waals surface area contributed by atoms with Crippen molar-refractivity contribution in [2.45, 2.75) is 19.8 Å². The number of nitrogens with one attached hydrogen (secondary N) is 1. The van der Waals surface area contributed by atoms with Crippen LogP contribution in [-0.2, 0) is 11.2 Å². The summed E-state index contributed by atoms with van der Waals surface area (Å²) >= 11 is 7.61. The lowest BCUT2D eigenvalue weighted by Crippen LogP contribution is -2.13. The number of rotatable bonds is 5. The molecule has 3 rings (SSSR count). The van der Waals surface area contributed by atoms with Gasteiger partial charge in [0.05, 0.1) is 16.4 Å². The van der Waals surface area contributed by atoms with Crippen LogP contribution in [0.1, 0.15) is 17.0 Å². The van der Waals surface area contributed by atoms with Gasteiger partial charge in [-0.2, -0.15) is 0 Å². The van der Waals surface area contributed by atoms with Gasteiger partial charge in [-0.15, -0.1) is 11.3 Å². The number of carbonyl (C=O) groups excluding carboxylic acids is 1. The van der Waals surface area contributed by atoms with Crippen molar-refractivity contribution >= 4 is 34.5 Å². The zero-order valence-corrected chi connectivity index (χ0v) is 14.7. The van der Waals surface area contributed by atoms with Crippen molar-refractivity contribution < 1.29 is 4.79 Å². The molecule has 0 aliphatic rings. The number of benzene rings is 1. The fraction of sp³-hybridized carbons (Fsp3) is 0.167. The Labute approximate surface area is 149 Å². The summed E-state index contributed by atoms with van der Waals surface area (Å²) in [5, 5.41) is 6.44. The Morgan fingerprint density at radius 3 is 2.88 bits per heavy atom. The minimum Gasteiger partial charge on any atom is -0.326 e. The summed E-state index contributed by atoms with van der Waals surface area (Å²) in [6.07, 6.45) is 2.72. The summed E-state index contributed by atoms with van der Waals surface area (Å²) in [4.78, 5) is 21.0. The molecule has 0 bridgehead atoms. The maximum atomic E-state index is 12.1. The Morgan fingerprint density at radius 1 is 1.21 bits per heavy atom. The fourth-order valence-corrected chi connectivity index (χ4v) is 3.20. The van der Waals surface area contributed by atoms with E-state index in [-0.39, 0.29) is 5.91 Å². The first-order valence-electron chi connectivity index (χ1n) is 7.54. The van der Waals surface area contributed by atoms with Gasteiger partial charge >= 0.3 is 0 Å². The van der Waals surface area contributed by atoms with Gasteiger partial charge in [0.25, 0.3) is 0 Å². The summed E-state index contributed by atoms with van der Waals surface area (Å²) < 4.78 is 0. The van der Waals surface area contributed by atoms with E-state index >= 15 is 0 Å². The van der Waals surface area contributed by atoms with Crippen LogP contribution in [0, 0.1) is 6.92 Å². The highest BCUT2D eigenvalue weighted by Crippen LogP contribution is 2.24. The lowest BCUT2D eigenvalue weighted by molar-refractivity contribution is -0.116. The van der Waals surface area contributed by atoms with E-state index in [1.807, 2.05) is 42.6 Å². The van der Waals surface area contributed by atoms with E-state index in [1.165, 1.54) is 0 Å². The van der Waals surface area contributed by atoms with Gasteiger partial charge in [-0.3, -0.25) is 9.78 Å². The number of hydrogen-bond acceptors (Lipinski definition) is 4. The lowest BCUT2D eigenvalue weighted by atomic mass is 10.2. The summed E-state index contributed by atoms with van der Waals surface area (Å²) in [7, 11) is 0. The topological polar surface area (TPSA) is 54.9 Å². The Kier molecular flexibility index (Phi) is 5.23. The third-order valence-corrected chi connectivity index (χ3v) is 4.90. The zero-order chi connectivity index (χ0) is 16.9. The molecule has 0 fully saturated rings. The zero-order valence-electron chi connectivity index (χ0n) is 13.1. The largest absolute Gasteiger partial charge is 0.326 e. The molecule has 0 aliphatic heterocycles. The van der Waals surface area contributed by atoms with Gasteiger partial charge in [0.1, 0.15) is 0 Å². The predicted molar refractivity (Wildman–Crippen MR) is 98.5 cm³/mol. The number of pyridine rings is 1. The van der Waals surface area contributed by atoms with E-state index < -0.39 is 0 Å². The van der Waals surface area contributed by atoms with Crippen LogP contribution in [0.4, 0.5) is 5.69 Å². The molecule has 122 valence electrons. The van der Waals surface area contributed by atoms with E-state index in [2.05, 4.69) is 15.3 Å². The number of thiazole rings is 1. The van der Waals surface area contributed by atoms with Crippen molar-refractivity contribution in [1.82, 2.24) is 9.97 Å². The van der Waals surface area contributed by atoms with Crippen LogP contribution >= 0.6 is 22.9 Å². The molecule has 0 saturated heterocycles. The molecule has 0 aliphatic carbocycles. The van der Waals surface area contributed by atoms with Crippen molar-refractivity contribution in [2.75, 3.05) is 5.32 Å². The quantitative estimate of drug-likeness (QED) is 0.717. The van der Waals surface area contributed by atoms with Gasteiger partial charge in [-0.25, -0.2) is 4.98 Å². The maximum Gasteiger partial charge on any atom is 0.224 e. The Morgan fingerprint density at radius 2 is 2.08 bits per heavy atom. The van der Waals surface area contributed by atoms with Gasteiger partial charge in [0.2, 0.25) is 5.91 Å². The van der Waals surface area contributed by atoms with Crippen LogP contribution in [0.3, 0.4) is 0 Å². The maximum absolute atomic E-state index is 12.1. The number of nitrogens with zero attached hydrogens (tertiary/aromatic N) is 2. The van der Waals surface area contributed by atoms with Gasteiger partial charge in [0, 0.05) is 35.1 Å². The highest BCUT2D eigenvalue weighted by molar-refractivity contribution is 7.09. The normalized spacial score (nSPS) is 10.6. The highest BCUT2D eigenvalue weighted by Gasteiger charge is 2.10. The number of carbonyl (C=O) groups is 1. The number of hydrogen-bond donors (Lipinski definition) is 1. The van der Waals surface area contributed by atoms with E-state index in [0.29, 0.717) is 17.9 Å². The molecule has 6 heteroatoms. The molecule has 0 spiro atoms. The second kappa shape index (κ2) is 7.55. The smallest absolute Gasteiger partial charge is 0.224 e. The van der Waals surface area contributed by atoms with Crippen LogP contribution < -0.4 is 5.32 Å². The molecule has 1 N–H and O–H groups in total. The first kappa shape index (κ1) is 16.6. The number of aryl methyl sites for hydroxylation is 1. The molecular formula is C18H16ClN3OS. The average molecular weight is 358 g/mol. The van der Waals surface area contributed by atoms with E-state index in [1.54, 1.807) is 23.6 Å². The van der Waals surface area contributed by atoms with Crippen molar-refractivity contribution in [3.8, 4) is 11.4 Å². The minimum absolute atomic E-state index is 0.0463. The van der Waals surface area contributed by atoms with E-state index in [0.717, 1.165) is 27.6 Å². The van der Waals surface area contributed by atoms with Crippen LogP contribution in [0.2, 0.25) is 5.02 Å². The third-order valence-electron chi connectivity index (χ3n) is 3.59. The van der Waals surface area contributed by atoms with Crippen molar-refractivity contribution in [1.29, 1.82) is 0 Å². The van der Waals surface area contributed by atoms with Crippen molar-refractivity contribution in [3.63, 3.8) is 0 Å². The summed E-state index contributed by atoms with van der Waals surface area (Å²) in [6, 6.07) is 11.2. The van der Waals surface area contributed by atoms with E-state index in [9.17, 15) is 4.79 Å². The lowest BCUT2D eigenvalue weighted by Gasteiger charge is -2.08. The number of aromatic nitrogens is 2. The molecule has 3 aromatic rings. The second-order valence-electron chi connectivity index (χ2n) is 5.30. The van der Waals surface area contributed by atoms with Crippen molar-refractivity contribution in [3.05, 3.63) is 63.6 Å². The number of halogens is 1. The highest BCUT2D eigenvalue weighted by atomic mass is 35.5. The SMILES string of the molecule is Cc1c(Cl)cccc1NC(=O)CCc1nc(-c2ccccn2)cs1. The fourth-order valence-electron chi connectivity index (χ4n) is 2.23. The molecule has 0 saturated carbocycles. The molecule has 0 unspecified atom stereocenters. The minimum atomic E-state index is -0.0463. The van der Waals surface area contributed by atoms with Gasteiger partial charge < -0.3 is 5.32 Å². The van der Waals surface area contributed by atoms with Gasteiger partial charge in [-0.1, -0.05) is 23.7 Å². The van der Waals surface area contributed by atoms with Crippen LogP contribution in [0.25, 0.3) is 11.4 Å². The third kappa shape index (κ3) is 3.99. The monoisotopic (exact) mass is 357 g/mol. The van der Waals surface area contributed by atoms with Crippen LogP contribution in [-0.4, -0.2) is 15.9 Å². The molecule has 1 amide bonds. The molecule has 2 heterocycles. The molecular weight excluding hydrogens is 342 g/mol. The number of anilines is 1. The Bertz CT molecular complexity index is 848. The summed E-state index contributed by atoms with van der Waals surface area (Å²) in [5.74, 6) is -0.0463. The van der Waals surface area contributed by atoms with Crippen molar-refractivity contribution in [2.24, 2.45) is 0 Å².